The summed E-state index contributed by atoms with van der Waals surface area (Å²) < 4.78 is 14.4. The van der Waals surface area contributed by atoms with Crippen LogP contribution in [0, 0.1) is 5.82 Å². The van der Waals surface area contributed by atoms with Crippen molar-refractivity contribution in [2.24, 2.45) is 0 Å². The highest BCUT2D eigenvalue weighted by Gasteiger charge is 2.18. The summed E-state index contributed by atoms with van der Waals surface area (Å²) in [6, 6.07) is 28.2. The Labute approximate surface area is 240 Å². The zero-order chi connectivity index (χ0) is 28.5. The van der Waals surface area contributed by atoms with Gasteiger partial charge in [-0.2, -0.15) is 0 Å². The first-order valence-electron chi connectivity index (χ1n) is 12.3. The minimum atomic E-state index is -0.638. The Morgan fingerprint density at radius 1 is 0.825 bits per heavy atom. The van der Waals surface area contributed by atoms with Crippen LogP contribution in [0.15, 0.2) is 114 Å². The van der Waals surface area contributed by atoms with E-state index in [0.717, 1.165) is 4.90 Å². The third kappa shape index (κ3) is 8.05. The Bertz CT molecular complexity index is 1560. The van der Waals surface area contributed by atoms with Crippen LogP contribution in [0.1, 0.15) is 22.8 Å². The van der Waals surface area contributed by atoms with Gasteiger partial charge in [-0.05, 0) is 67.6 Å². The number of amides is 3. The molecule has 40 heavy (non-hydrogen) atoms. The van der Waals surface area contributed by atoms with Gasteiger partial charge in [-0.15, -0.1) is 11.8 Å². The molecule has 0 aliphatic heterocycles. The van der Waals surface area contributed by atoms with Crippen molar-refractivity contribution in [1.82, 2.24) is 5.32 Å². The minimum Gasteiger partial charge on any atom is -0.325 e. The molecule has 0 aromatic heterocycles. The van der Waals surface area contributed by atoms with Crippen LogP contribution in [0.25, 0.3) is 6.08 Å². The largest absolute Gasteiger partial charge is 0.325 e. The number of rotatable bonds is 9. The second-order valence-electron chi connectivity index (χ2n) is 8.64. The molecule has 1 unspecified atom stereocenters. The van der Waals surface area contributed by atoms with Crippen LogP contribution in [0.3, 0.4) is 0 Å². The fourth-order valence-corrected chi connectivity index (χ4v) is 4.72. The normalized spacial score (nSPS) is 11.8. The second kappa shape index (κ2) is 13.6. The van der Waals surface area contributed by atoms with Crippen molar-refractivity contribution in [3.63, 3.8) is 0 Å². The van der Waals surface area contributed by atoms with Crippen LogP contribution in [0.2, 0.25) is 5.02 Å². The molecule has 0 bridgehead atoms. The number of benzene rings is 4. The van der Waals surface area contributed by atoms with E-state index in [4.69, 9.17) is 11.6 Å². The summed E-state index contributed by atoms with van der Waals surface area (Å²) in [4.78, 5) is 39.5. The molecule has 3 N–H and O–H groups in total. The first kappa shape index (κ1) is 28.6. The van der Waals surface area contributed by atoms with Crippen molar-refractivity contribution in [3.05, 3.63) is 131 Å². The van der Waals surface area contributed by atoms with Crippen molar-refractivity contribution >= 4 is 58.5 Å². The zero-order valence-corrected chi connectivity index (χ0v) is 22.9. The van der Waals surface area contributed by atoms with Gasteiger partial charge in [-0.3, -0.25) is 14.4 Å². The van der Waals surface area contributed by atoms with Crippen molar-refractivity contribution in [1.29, 1.82) is 0 Å². The summed E-state index contributed by atoms with van der Waals surface area (Å²) in [5.74, 6) is -1.89. The zero-order valence-electron chi connectivity index (χ0n) is 21.4. The smallest absolute Gasteiger partial charge is 0.272 e. The molecular weight excluding hydrogens is 549 g/mol. The first-order valence-corrected chi connectivity index (χ1v) is 13.5. The molecule has 3 amide bonds. The predicted octanol–water partition coefficient (Wildman–Crippen LogP) is 7.01. The van der Waals surface area contributed by atoms with Gasteiger partial charge in [-0.1, -0.05) is 60.1 Å². The van der Waals surface area contributed by atoms with Crippen LogP contribution in [0.4, 0.5) is 15.8 Å². The van der Waals surface area contributed by atoms with Gasteiger partial charge in [0.15, 0.2) is 0 Å². The molecule has 6 nitrogen and oxygen atoms in total. The number of carbonyl (C=O) groups is 3. The van der Waals surface area contributed by atoms with Crippen molar-refractivity contribution in [3.8, 4) is 0 Å². The highest BCUT2D eigenvalue weighted by molar-refractivity contribution is 8.00. The number of thioether (sulfide) groups is 1. The third-order valence-corrected chi connectivity index (χ3v) is 6.93. The minimum absolute atomic E-state index is 0.133. The summed E-state index contributed by atoms with van der Waals surface area (Å²) in [5.41, 5.74) is 1.39. The highest BCUT2D eigenvalue weighted by Crippen LogP contribution is 2.27. The van der Waals surface area contributed by atoms with Gasteiger partial charge in [0.1, 0.15) is 11.5 Å². The molecule has 0 aliphatic carbocycles. The lowest BCUT2D eigenvalue weighted by Crippen LogP contribution is -2.30. The molecule has 202 valence electrons. The lowest BCUT2D eigenvalue weighted by atomic mass is 10.1. The number of hydrogen-bond acceptors (Lipinski definition) is 4. The summed E-state index contributed by atoms with van der Waals surface area (Å²) >= 11 is 7.30. The maximum absolute atomic E-state index is 14.4. The molecule has 4 aromatic rings. The van der Waals surface area contributed by atoms with Crippen LogP contribution >= 0.6 is 23.4 Å². The maximum Gasteiger partial charge on any atom is 0.272 e. The van der Waals surface area contributed by atoms with Crippen LogP contribution in [-0.4, -0.2) is 23.0 Å². The molecular formula is C31H25ClFN3O3S. The third-order valence-electron chi connectivity index (χ3n) is 5.60. The molecule has 4 rings (SSSR count). The Balaban J connectivity index is 1.48. The number of hydrogen-bond donors (Lipinski definition) is 3. The van der Waals surface area contributed by atoms with Gasteiger partial charge in [0.2, 0.25) is 5.91 Å². The van der Waals surface area contributed by atoms with E-state index in [2.05, 4.69) is 16.0 Å². The molecule has 0 saturated heterocycles. The molecule has 0 radical (unpaired) electrons. The van der Waals surface area contributed by atoms with Gasteiger partial charge >= 0.3 is 0 Å². The quantitative estimate of drug-likeness (QED) is 0.148. The van der Waals surface area contributed by atoms with Crippen molar-refractivity contribution in [2.45, 2.75) is 17.1 Å². The highest BCUT2D eigenvalue weighted by atomic mass is 35.5. The molecule has 0 saturated carbocycles. The standard InChI is InChI=1S/C31H25ClFN3O3S/c1-20(29(37)34-24-13-7-12-23(32)18-24)40-26-15-8-14-25(19-26)35-31(39)28(17-22-11-5-6-16-27(22)33)36-30(38)21-9-3-2-4-10-21/h2-20H,1H3,(H,34,37)(H,35,39)(H,36,38)/b28-17-. The van der Waals surface area contributed by atoms with E-state index in [1.54, 1.807) is 85.8 Å². The Kier molecular flexibility index (Phi) is 9.72. The van der Waals surface area contributed by atoms with Gasteiger partial charge in [0.25, 0.3) is 11.8 Å². The Morgan fingerprint density at radius 3 is 2.23 bits per heavy atom. The van der Waals surface area contributed by atoms with Gasteiger partial charge < -0.3 is 16.0 Å². The average Bonchev–Trinajstić information content (AvgIpc) is 2.94. The second-order valence-corrected chi connectivity index (χ2v) is 10.5. The number of anilines is 2. The predicted molar refractivity (Wildman–Crippen MR) is 159 cm³/mol. The van der Waals surface area contributed by atoms with E-state index in [1.165, 1.54) is 36.0 Å². The lowest BCUT2D eigenvalue weighted by Gasteiger charge is -2.14. The van der Waals surface area contributed by atoms with E-state index < -0.39 is 22.9 Å². The fraction of sp³-hybridized carbons (Fsp3) is 0.0645. The van der Waals surface area contributed by atoms with Crippen LogP contribution in [0.5, 0.6) is 0 Å². The van der Waals surface area contributed by atoms with Crippen LogP contribution < -0.4 is 16.0 Å². The van der Waals surface area contributed by atoms with E-state index in [-0.39, 0.29) is 17.2 Å². The number of halogens is 2. The molecule has 1 atom stereocenters. The monoisotopic (exact) mass is 573 g/mol. The molecule has 0 spiro atoms. The number of nitrogens with one attached hydrogen (secondary N) is 3. The molecule has 0 aliphatic rings. The summed E-state index contributed by atoms with van der Waals surface area (Å²) in [6.45, 7) is 1.77. The summed E-state index contributed by atoms with van der Waals surface area (Å²) in [5, 5.41) is 8.25. The lowest BCUT2D eigenvalue weighted by molar-refractivity contribution is -0.115. The fourth-order valence-electron chi connectivity index (χ4n) is 3.60. The van der Waals surface area contributed by atoms with E-state index in [0.29, 0.717) is 22.0 Å². The van der Waals surface area contributed by atoms with Gasteiger partial charge in [0, 0.05) is 32.4 Å². The molecule has 4 aromatic carbocycles. The Hall–Kier alpha value is -4.40. The van der Waals surface area contributed by atoms with E-state index >= 15 is 0 Å². The van der Waals surface area contributed by atoms with Crippen molar-refractivity contribution < 1.29 is 18.8 Å². The first-order chi connectivity index (χ1) is 19.3. The molecule has 9 heteroatoms. The SMILES string of the molecule is CC(Sc1cccc(NC(=O)/C(=C/c2ccccc2F)NC(=O)c2ccccc2)c1)C(=O)Nc1cccc(Cl)c1. The van der Waals surface area contributed by atoms with Crippen LogP contribution in [-0.2, 0) is 9.59 Å². The molecule has 0 heterocycles. The van der Waals surface area contributed by atoms with E-state index in [9.17, 15) is 18.8 Å². The van der Waals surface area contributed by atoms with Gasteiger partial charge in [0.05, 0.1) is 5.25 Å². The van der Waals surface area contributed by atoms with E-state index in [1.807, 2.05) is 6.07 Å². The molecule has 0 fully saturated rings. The maximum atomic E-state index is 14.4. The van der Waals surface area contributed by atoms with Gasteiger partial charge in [-0.25, -0.2) is 4.39 Å². The summed E-state index contributed by atoms with van der Waals surface area (Å²) in [7, 11) is 0. The average molecular weight is 574 g/mol. The Morgan fingerprint density at radius 2 is 1.50 bits per heavy atom. The topological polar surface area (TPSA) is 87.3 Å². The number of carbonyl (C=O) groups excluding carboxylic acids is 3. The van der Waals surface area contributed by atoms with Crippen molar-refractivity contribution in [2.75, 3.05) is 10.6 Å². The summed E-state index contributed by atoms with van der Waals surface area (Å²) in [6.07, 6.45) is 1.28.